The summed E-state index contributed by atoms with van der Waals surface area (Å²) in [5.41, 5.74) is 1.93. The highest BCUT2D eigenvalue weighted by Gasteiger charge is 2.32. The molecule has 8 nitrogen and oxygen atoms in total. The number of aromatic nitrogens is 4. The fraction of sp³-hybridized carbons (Fsp3) is 0.292. The van der Waals surface area contributed by atoms with Crippen LogP contribution in [0.5, 0.6) is 5.75 Å². The Kier molecular flexibility index (Phi) is 5.93. The number of aromatic amines is 1. The smallest absolute Gasteiger partial charge is 0.405 e. The van der Waals surface area contributed by atoms with Crippen molar-refractivity contribution in [2.75, 3.05) is 25.0 Å². The molecule has 0 spiro atoms. The Morgan fingerprint density at radius 1 is 1.17 bits per heavy atom. The summed E-state index contributed by atoms with van der Waals surface area (Å²) in [6.45, 7) is 1.52. The lowest BCUT2D eigenvalue weighted by Gasteiger charge is -2.23. The fourth-order valence-corrected chi connectivity index (χ4v) is 4.29. The molecule has 1 fully saturated rings. The quantitative estimate of drug-likeness (QED) is 0.436. The van der Waals surface area contributed by atoms with Crippen molar-refractivity contribution in [3.8, 4) is 16.9 Å². The Morgan fingerprint density at radius 2 is 1.97 bits per heavy atom. The van der Waals surface area contributed by atoms with E-state index in [2.05, 4.69) is 25.0 Å². The first-order valence-corrected chi connectivity index (χ1v) is 11.1. The van der Waals surface area contributed by atoms with Crippen molar-refractivity contribution in [3.05, 3.63) is 70.8 Å². The zero-order valence-corrected chi connectivity index (χ0v) is 18.8. The van der Waals surface area contributed by atoms with Crippen molar-refractivity contribution >= 4 is 17.1 Å². The number of benzene rings is 2. The van der Waals surface area contributed by atoms with Crippen molar-refractivity contribution in [3.63, 3.8) is 0 Å². The van der Waals surface area contributed by atoms with Crippen LogP contribution in [-0.2, 0) is 6.54 Å². The normalized spacial score (nSPS) is 16.1. The summed E-state index contributed by atoms with van der Waals surface area (Å²) in [5, 5.41) is 3.29. The number of hydrogen-bond acceptors (Lipinski definition) is 6. The lowest BCUT2D eigenvalue weighted by atomic mass is 10.0. The van der Waals surface area contributed by atoms with E-state index < -0.39 is 12.1 Å². The van der Waals surface area contributed by atoms with Gasteiger partial charge < -0.3 is 19.9 Å². The van der Waals surface area contributed by atoms with Crippen LogP contribution in [0.2, 0.25) is 0 Å². The minimum Gasteiger partial charge on any atom is -0.405 e. The number of nitrogens with one attached hydrogen (secondary N) is 2. The molecule has 0 unspecified atom stereocenters. The van der Waals surface area contributed by atoms with E-state index in [0.29, 0.717) is 22.7 Å². The summed E-state index contributed by atoms with van der Waals surface area (Å²) < 4.78 is 44.9. The van der Waals surface area contributed by atoms with Gasteiger partial charge >= 0.3 is 12.1 Å². The average Bonchev–Trinajstić information content (AvgIpc) is 3.47. The van der Waals surface area contributed by atoms with Crippen LogP contribution in [0.15, 0.2) is 59.5 Å². The predicted octanol–water partition coefficient (Wildman–Crippen LogP) is 3.53. The van der Waals surface area contributed by atoms with Crippen molar-refractivity contribution in [1.82, 2.24) is 24.8 Å². The van der Waals surface area contributed by atoms with Gasteiger partial charge in [-0.1, -0.05) is 36.4 Å². The first-order chi connectivity index (χ1) is 16.8. The van der Waals surface area contributed by atoms with E-state index in [4.69, 9.17) is 0 Å². The van der Waals surface area contributed by atoms with Gasteiger partial charge in [-0.05, 0) is 36.2 Å². The number of fused-ring (bicyclic) bond motifs is 1. The molecule has 1 aliphatic heterocycles. The van der Waals surface area contributed by atoms with Crippen LogP contribution < -0.4 is 20.6 Å². The van der Waals surface area contributed by atoms with Gasteiger partial charge in [0.05, 0.1) is 12.7 Å². The van der Waals surface area contributed by atoms with E-state index >= 15 is 0 Å². The standard InChI is InChI=1S/C24H23F3N6O2/c1-32(18-9-10-28-12-18)22-29-13-19-21(31-22)33(23(34)30-19)14-17-11-16(15-5-3-2-4-6-15)7-8-20(17)35-24(25,26)27/h2-8,11,13,18,28H,9-10,12,14H2,1H3,(H,30,34)/t18-/m1/s1. The largest absolute Gasteiger partial charge is 0.573 e. The van der Waals surface area contributed by atoms with E-state index in [1.54, 1.807) is 12.1 Å². The van der Waals surface area contributed by atoms with Crippen LogP contribution in [0.1, 0.15) is 12.0 Å². The molecule has 0 aliphatic carbocycles. The number of halogens is 3. The molecular formula is C24H23F3N6O2. The Bertz CT molecular complexity index is 1390. The van der Waals surface area contributed by atoms with E-state index in [1.807, 2.05) is 42.3 Å². The second kappa shape index (κ2) is 9.06. The number of nitrogens with zero attached hydrogens (tertiary/aromatic N) is 4. The van der Waals surface area contributed by atoms with Crippen molar-refractivity contribution in [1.29, 1.82) is 0 Å². The summed E-state index contributed by atoms with van der Waals surface area (Å²) in [6, 6.07) is 13.9. The van der Waals surface area contributed by atoms with E-state index in [-0.39, 0.29) is 23.9 Å². The maximum absolute atomic E-state index is 13.1. The molecule has 0 bridgehead atoms. The molecule has 1 atom stereocenters. The lowest BCUT2D eigenvalue weighted by Crippen LogP contribution is -2.34. The van der Waals surface area contributed by atoms with Gasteiger partial charge in [-0.15, -0.1) is 13.2 Å². The molecule has 3 heterocycles. The Labute approximate surface area is 198 Å². The summed E-state index contributed by atoms with van der Waals surface area (Å²) >= 11 is 0. The predicted molar refractivity (Wildman–Crippen MR) is 125 cm³/mol. The maximum Gasteiger partial charge on any atom is 0.573 e. The summed E-state index contributed by atoms with van der Waals surface area (Å²) in [5.74, 6) is 0.0608. The summed E-state index contributed by atoms with van der Waals surface area (Å²) in [4.78, 5) is 26.4. The molecule has 0 amide bonds. The molecule has 0 radical (unpaired) electrons. The van der Waals surface area contributed by atoms with Gasteiger partial charge in [0.2, 0.25) is 5.95 Å². The fourth-order valence-electron chi connectivity index (χ4n) is 4.29. The second-order valence-electron chi connectivity index (χ2n) is 8.42. The van der Waals surface area contributed by atoms with E-state index in [0.717, 1.165) is 25.1 Å². The van der Waals surface area contributed by atoms with Gasteiger partial charge in [-0.3, -0.25) is 4.57 Å². The highest BCUT2D eigenvalue weighted by Crippen LogP contribution is 2.31. The number of rotatable bonds is 6. The molecule has 182 valence electrons. The molecule has 1 aliphatic rings. The number of ether oxygens (including phenoxy) is 1. The van der Waals surface area contributed by atoms with Crippen LogP contribution in [-0.4, -0.2) is 52.1 Å². The van der Waals surface area contributed by atoms with Crippen LogP contribution in [0.4, 0.5) is 19.1 Å². The Morgan fingerprint density at radius 3 is 2.69 bits per heavy atom. The van der Waals surface area contributed by atoms with Gasteiger partial charge in [0, 0.05) is 25.2 Å². The number of anilines is 1. The zero-order chi connectivity index (χ0) is 24.6. The van der Waals surface area contributed by atoms with Crippen molar-refractivity contribution < 1.29 is 17.9 Å². The SMILES string of the molecule is CN(c1ncc2[nH]c(=O)n(Cc3cc(-c4ccccc4)ccc3OC(F)(F)F)c2n1)[C@@H]1CCNC1. The van der Waals surface area contributed by atoms with Crippen LogP contribution in [0.25, 0.3) is 22.3 Å². The molecule has 35 heavy (non-hydrogen) atoms. The molecular weight excluding hydrogens is 461 g/mol. The van der Waals surface area contributed by atoms with Gasteiger partial charge in [-0.2, -0.15) is 4.98 Å². The summed E-state index contributed by atoms with van der Waals surface area (Å²) in [6.07, 6.45) is -2.42. The van der Waals surface area contributed by atoms with Gasteiger partial charge in [0.15, 0.2) is 5.65 Å². The van der Waals surface area contributed by atoms with Gasteiger partial charge in [-0.25, -0.2) is 9.78 Å². The minimum atomic E-state index is -4.87. The first-order valence-electron chi connectivity index (χ1n) is 11.1. The van der Waals surface area contributed by atoms with Crippen molar-refractivity contribution in [2.24, 2.45) is 0 Å². The van der Waals surface area contributed by atoms with Crippen LogP contribution in [0, 0.1) is 0 Å². The third-order valence-corrected chi connectivity index (χ3v) is 6.12. The first kappa shape index (κ1) is 22.9. The molecule has 2 N–H and O–H groups in total. The van der Waals surface area contributed by atoms with E-state index in [1.165, 1.54) is 16.8 Å². The molecule has 4 aromatic rings. The number of likely N-dealkylation sites (N-methyl/N-ethyl adjacent to an activating group) is 1. The highest BCUT2D eigenvalue weighted by molar-refractivity contribution is 5.71. The number of hydrogen-bond donors (Lipinski definition) is 2. The molecule has 11 heteroatoms. The molecule has 0 saturated carbocycles. The monoisotopic (exact) mass is 484 g/mol. The molecule has 2 aromatic heterocycles. The van der Waals surface area contributed by atoms with Crippen LogP contribution in [0.3, 0.4) is 0 Å². The van der Waals surface area contributed by atoms with E-state index in [9.17, 15) is 18.0 Å². The minimum absolute atomic E-state index is 0.171. The second-order valence-corrected chi connectivity index (χ2v) is 8.42. The maximum atomic E-state index is 13.1. The van der Waals surface area contributed by atoms with Gasteiger partial charge in [0.25, 0.3) is 0 Å². The van der Waals surface area contributed by atoms with Crippen LogP contribution >= 0.6 is 0 Å². The molecule has 2 aromatic carbocycles. The Hall–Kier alpha value is -3.86. The Balaban J connectivity index is 1.56. The third kappa shape index (κ3) is 4.85. The topological polar surface area (TPSA) is 88.1 Å². The van der Waals surface area contributed by atoms with Crippen molar-refractivity contribution in [2.45, 2.75) is 25.4 Å². The summed E-state index contributed by atoms with van der Waals surface area (Å²) in [7, 11) is 1.88. The number of alkyl halides is 3. The highest BCUT2D eigenvalue weighted by atomic mass is 19.4. The lowest BCUT2D eigenvalue weighted by molar-refractivity contribution is -0.274. The van der Waals surface area contributed by atoms with Gasteiger partial charge in [0.1, 0.15) is 11.3 Å². The third-order valence-electron chi connectivity index (χ3n) is 6.12. The average molecular weight is 484 g/mol. The zero-order valence-electron chi connectivity index (χ0n) is 18.8. The number of H-pyrrole nitrogens is 1. The number of imidazole rings is 1. The molecule has 5 rings (SSSR count). The molecule has 1 saturated heterocycles.